The van der Waals surface area contributed by atoms with E-state index in [0.717, 1.165) is 31.7 Å². The smallest absolute Gasteiger partial charge is 0.225 e. The monoisotopic (exact) mass is 361 g/mol. The van der Waals surface area contributed by atoms with Gasteiger partial charge in [-0.25, -0.2) is 0 Å². The highest BCUT2D eigenvalue weighted by Gasteiger charge is 2.33. The van der Waals surface area contributed by atoms with Gasteiger partial charge in [0, 0.05) is 37.3 Å². The molecule has 1 saturated heterocycles. The van der Waals surface area contributed by atoms with E-state index in [1.165, 1.54) is 0 Å². The molecule has 1 aromatic rings. The third kappa shape index (κ3) is 4.89. The maximum absolute atomic E-state index is 12.3. The van der Waals surface area contributed by atoms with E-state index < -0.39 is 0 Å². The molecule has 0 N–H and O–H groups in total. The van der Waals surface area contributed by atoms with Gasteiger partial charge in [-0.1, -0.05) is 46.2 Å². The number of halogens is 1. The first-order chi connectivity index (χ1) is 11.6. The van der Waals surface area contributed by atoms with E-state index in [2.05, 4.69) is 31.7 Å². The van der Waals surface area contributed by atoms with Gasteiger partial charge >= 0.3 is 0 Å². The molecule has 1 fully saturated rings. The topological polar surface area (TPSA) is 47.3 Å². The third-order valence-electron chi connectivity index (χ3n) is 4.46. The summed E-state index contributed by atoms with van der Waals surface area (Å²) in [5.41, 5.74) is 1.61. The fraction of sp³-hybridized carbons (Fsp3) is 0.600. The highest BCUT2D eigenvalue weighted by atomic mass is 35.5. The van der Waals surface area contributed by atoms with Gasteiger partial charge < -0.3 is 9.80 Å². The van der Waals surface area contributed by atoms with E-state index in [0.29, 0.717) is 10.6 Å². The zero-order valence-corrected chi connectivity index (χ0v) is 16.6. The van der Waals surface area contributed by atoms with E-state index in [4.69, 9.17) is 16.9 Å². The first-order valence-corrected chi connectivity index (χ1v) is 9.25. The summed E-state index contributed by atoms with van der Waals surface area (Å²) < 4.78 is 0. The fourth-order valence-electron chi connectivity index (χ4n) is 3.28. The van der Waals surface area contributed by atoms with Gasteiger partial charge in [0.05, 0.1) is 10.6 Å². The van der Waals surface area contributed by atoms with Crippen molar-refractivity contribution < 1.29 is 4.79 Å². The first kappa shape index (κ1) is 19.6. The van der Waals surface area contributed by atoms with Crippen molar-refractivity contribution in [3.8, 4) is 6.07 Å². The molecule has 25 heavy (non-hydrogen) atoms. The number of carbonyl (C=O) groups is 1. The summed E-state index contributed by atoms with van der Waals surface area (Å²) in [6.07, 6.45) is 0.951. The van der Waals surface area contributed by atoms with Crippen LogP contribution in [0, 0.1) is 22.7 Å². The summed E-state index contributed by atoms with van der Waals surface area (Å²) >= 11 is 6.26. The maximum Gasteiger partial charge on any atom is 0.225 e. The minimum Gasteiger partial charge on any atom is -0.366 e. The van der Waals surface area contributed by atoms with E-state index in [-0.39, 0.29) is 23.3 Å². The number of benzene rings is 1. The second kappa shape index (κ2) is 7.66. The quantitative estimate of drug-likeness (QED) is 0.802. The highest BCUT2D eigenvalue weighted by molar-refractivity contribution is 6.32. The largest absolute Gasteiger partial charge is 0.366 e. The SMILES string of the molecule is CC(C)C(=O)N1CCC(N(CC(C)(C)C)c2ccc(C#N)c(Cl)c2)C1. The van der Waals surface area contributed by atoms with E-state index in [1.54, 1.807) is 6.07 Å². The van der Waals surface area contributed by atoms with Gasteiger partial charge in [0.25, 0.3) is 0 Å². The number of carbonyl (C=O) groups excluding carboxylic acids is 1. The molecule has 5 heteroatoms. The molecule has 0 spiro atoms. The zero-order chi connectivity index (χ0) is 18.8. The predicted molar refractivity (Wildman–Crippen MR) is 103 cm³/mol. The molecule has 1 atom stereocenters. The molecular weight excluding hydrogens is 334 g/mol. The van der Waals surface area contributed by atoms with Crippen molar-refractivity contribution in [2.45, 2.75) is 47.1 Å². The summed E-state index contributed by atoms with van der Waals surface area (Å²) in [5.74, 6) is 0.246. The van der Waals surface area contributed by atoms with Gasteiger partial charge in [0.1, 0.15) is 6.07 Å². The van der Waals surface area contributed by atoms with Crippen LogP contribution in [-0.4, -0.2) is 36.5 Å². The summed E-state index contributed by atoms with van der Waals surface area (Å²) in [6.45, 7) is 12.9. The minimum absolute atomic E-state index is 0.0270. The third-order valence-corrected chi connectivity index (χ3v) is 4.77. The number of hydrogen-bond acceptors (Lipinski definition) is 3. The molecular formula is C20H28ClN3O. The average molecular weight is 362 g/mol. The highest BCUT2D eigenvalue weighted by Crippen LogP contribution is 2.31. The van der Waals surface area contributed by atoms with Crippen molar-refractivity contribution in [3.63, 3.8) is 0 Å². The maximum atomic E-state index is 12.3. The number of nitrogens with zero attached hydrogens (tertiary/aromatic N) is 3. The summed E-state index contributed by atoms with van der Waals surface area (Å²) in [7, 11) is 0. The van der Waals surface area contributed by atoms with Gasteiger partial charge in [-0.05, 0) is 30.0 Å². The van der Waals surface area contributed by atoms with E-state index in [9.17, 15) is 4.79 Å². The van der Waals surface area contributed by atoms with Crippen LogP contribution in [0.15, 0.2) is 18.2 Å². The number of likely N-dealkylation sites (tertiary alicyclic amines) is 1. The lowest BCUT2D eigenvalue weighted by molar-refractivity contribution is -0.133. The molecule has 0 aliphatic carbocycles. The number of rotatable bonds is 4. The van der Waals surface area contributed by atoms with Crippen molar-refractivity contribution in [3.05, 3.63) is 28.8 Å². The Labute approximate surface area is 156 Å². The molecule has 0 radical (unpaired) electrons. The Hall–Kier alpha value is -1.73. The van der Waals surface area contributed by atoms with Crippen molar-refractivity contribution in [1.82, 2.24) is 4.90 Å². The lowest BCUT2D eigenvalue weighted by Crippen LogP contribution is -2.43. The van der Waals surface area contributed by atoms with Gasteiger partial charge in [0.2, 0.25) is 5.91 Å². The second-order valence-electron chi connectivity index (χ2n) is 8.35. The van der Waals surface area contributed by atoms with Crippen LogP contribution in [0.3, 0.4) is 0 Å². The van der Waals surface area contributed by atoms with Crippen molar-refractivity contribution in [1.29, 1.82) is 5.26 Å². The fourth-order valence-corrected chi connectivity index (χ4v) is 3.49. The Bertz CT molecular complexity index is 672. The van der Waals surface area contributed by atoms with Crippen LogP contribution in [0.5, 0.6) is 0 Å². The molecule has 0 saturated carbocycles. The average Bonchev–Trinajstić information content (AvgIpc) is 3.00. The molecule has 2 rings (SSSR count). The molecule has 0 bridgehead atoms. The molecule has 1 unspecified atom stereocenters. The second-order valence-corrected chi connectivity index (χ2v) is 8.75. The Balaban J connectivity index is 2.27. The predicted octanol–water partition coefficient (Wildman–Crippen LogP) is 4.32. The van der Waals surface area contributed by atoms with Crippen LogP contribution in [0.2, 0.25) is 5.02 Å². The number of hydrogen-bond donors (Lipinski definition) is 0. The Morgan fingerprint density at radius 2 is 2.12 bits per heavy atom. The Kier molecular flexibility index (Phi) is 6.00. The summed E-state index contributed by atoms with van der Waals surface area (Å²) in [5, 5.41) is 9.58. The summed E-state index contributed by atoms with van der Waals surface area (Å²) in [4.78, 5) is 16.6. The molecule has 136 valence electrons. The van der Waals surface area contributed by atoms with E-state index in [1.807, 2.05) is 30.9 Å². The molecule has 1 heterocycles. The van der Waals surface area contributed by atoms with Crippen LogP contribution in [0.25, 0.3) is 0 Å². The van der Waals surface area contributed by atoms with Gasteiger partial charge in [0.15, 0.2) is 0 Å². The lowest BCUT2D eigenvalue weighted by Gasteiger charge is -2.36. The summed E-state index contributed by atoms with van der Waals surface area (Å²) in [6, 6.07) is 7.99. The van der Waals surface area contributed by atoms with Crippen LogP contribution in [0.4, 0.5) is 5.69 Å². The molecule has 4 nitrogen and oxygen atoms in total. The van der Waals surface area contributed by atoms with Gasteiger partial charge in [-0.2, -0.15) is 5.26 Å². The van der Waals surface area contributed by atoms with Crippen LogP contribution in [0.1, 0.15) is 46.6 Å². The zero-order valence-electron chi connectivity index (χ0n) is 15.8. The molecule has 1 aliphatic rings. The Morgan fingerprint density at radius 3 is 2.64 bits per heavy atom. The van der Waals surface area contributed by atoms with Crippen molar-refractivity contribution in [2.24, 2.45) is 11.3 Å². The molecule has 1 amide bonds. The minimum atomic E-state index is 0.0270. The lowest BCUT2D eigenvalue weighted by atomic mass is 9.94. The molecule has 1 aromatic carbocycles. The van der Waals surface area contributed by atoms with Crippen LogP contribution in [-0.2, 0) is 4.79 Å². The van der Waals surface area contributed by atoms with E-state index >= 15 is 0 Å². The normalized spacial score (nSPS) is 17.7. The Morgan fingerprint density at radius 1 is 1.44 bits per heavy atom. The number of amides is 1. The van der Waals surface area contributed by atoms with Gasteiger partial charge in [-0.3, -0.25) is 4.79 Å². The van der Waals surface area contributed by atoms with Crippen LogP contribution < -0.4 is 4.90 Å². The van der Waals surface area contributed by atoms with Crippen molar-refractivity contribution in [2.75, 3.05) is 24.5 Å². The van der Waals surface area contributed by atoms with Crippen LogP contribution >= 0.6 is 11.6 Å². The first-order valence-electron chi connectivity index (χ1n) is 8.87. The molecule has 0 aromatic heterocycles. The number of nitriles is 1. The number of anilines is 1. The molecule has 1 aliphatic heterocycles. The van der Waals surface area contributed by atoms with Gasteiger partial charge in [-0.15, -0.1) is 0 Å². The standard InChI is InChI=1S/C20H28ClN3O/c1-14(2)19(25)23-9-8-17(12-23)24(13-20(3,4)5)16-7-6-15(11-22)18(21)10-16/h6-7,10,14,17H,8-9,12-13H2,1-5H3. The van der Waals surface area contributed by atoms with Crippen molar-refractivity contribution >= 4 is 23.2 Å².